The van der Waals surface area contributed by atoms with E-state index in [9.17, 15) is 28.1 Å². The summed E-state index contributed by atoms with van der Waals surface area (Å²) in [6.45, 7) is -0.960. The molecule has 10 heteroatoms. The fraction of sp³-hybridized carbons (Fsp3) is 0.500. The quantitative estimate of drug-likeness (QED) is 0.607. The van der Waals surface area contributed by atoms with E-state index in [4.69, 9.17) is 5.11 Å². The van der Waals surface area contributed by atoms with Crippen molar-refractivity contribution >= 4 is 17.3 Å². The van der Waals surface area contributed by atoms with Crippen LogP contribution in [0.3, 0.4) is 0 Å². The highest BCUT2D eigenvalue weighted by molar-refractivity contribution is 5.95. The van der Waals surface area contributed by atoms with Gasteiger partial charge in [-0.15, -0.1) is 0 Å². The van der Waals surface area contributed by atoms with E-state index in [1.165, 1.54) is 12.1 Å². The van der Waals surface area contributed by atoms with E-state index >= 15 is 0 Å². The third-order valence-corrected chi connectivity index (χ3v) is 3.55. The maximum Gasteiger partial charge on any atom is 0.416 e. The summed E-state index contributed by atoms with van der Waals surface area (Å²) in [4.78, 5) is 23.3. The number of nitro groups is 1. The zero-order chi connectivity index (χ0) is 18.1. The minimum absolute atomic E-state index is 0.125. The van der Waals surface area contributed by atoms with E-state index < -0.39 is 29.7 Å². The molecule has 0 spiro atoms. The number of nitrogens with zero attached hydrogens (tertiary/aromatic N) is 2. The second-order valence-electron chi connectivity index (χ2n) is 5.65. The van der Waals surface area contributed by atoms with Gasteiger partial charge in [0, 0.05) is 24.7 Å². The van der Waals surface area contributed by atoms with E-state index in [1.807, 2.05) is 0 Å². The number of nitro benzene ring substituents is 1. The fourth-order valence-electron chi connectivity index (χ4n) is 2.05. The maximum atomic E-state index is 12.3. The monoisotopic (exact) mass is 347 g/mol. The minimum Gasteiger partial charge on any atom is -0.382 e. The van der Waals surface area contributed by atoms with E-state index in [2.05, 4.69) is 5.32 Å². The highest BCUT2D eigenvalue weighted by atomic mass is 19.4. The molecule has 2 rings (SSSR count). The normalized spacial score (nSPS) is 15.7. The summed E-state index contributed by atoms with van der Waals surface area (Å²) in [5, 5.41) is 23.1. The van der Waals surface area contributed by atoms with E-state index in [0.717, 1.165) is 26.0 Å². The number of alkyl halides is 3. The Hall–Kier alpha value is -2.36. The molecule has 1 aliphatic carbocycles. The first-order valence-electron chi connectivity index (χ1n) is 7.15. The van der Waals surface area contributed by atoms with Crippen LogP contribution in [0.5, 0.6) is 0 Å². The summed E-state index contributed by atoms with van der Waals surface area (Å²) in [6, 6.07) is 3.84. The van der Waals surface area contributed by atoms with Gasteiger partial charge in [-0.2, -0.15) is 13.2 Å². The number of carbonyl (C=O) groups is 1. The Morgan fingerprint density at radius 1 is 1.50 bits per heavy atom. The Morgan fingerprint density at radius 3 is 2.62 bits per heavy atom. The number of aliphatic hydroxyl groups is 1. The Morgan fingerprint density at radius 2 is 2.12 bits per heavy atom. The number of carbonyl (C=O) groups excluding carboxylic acids is 1. The van der Waals surface area contributed by atoms with E-state index in [1.54, 1.807) is 0 Å². The number of likely N-dealkylation sites (N-methyl/N-ethyl adjacent to an activating group) is 1. The molecule has 132 valence electrons. The molecular weight excluding hydrogens is 331 g/mol. The first kappa shape index (κ1) is 18.0. The fourth-order valence-corrected chi connectivity index (χ4v) is 2.05. The number of benzene rings is 1. The Kier molecular flexibility index (Phi) is 4.97. The molecule has 1 aromatic rings. The average molecular weight is 347 g/mol. The van der Waals surface area contributed by atoms with Crippen LogP contribution in [0.2, 0.25) is 0 Å². The smallest absolute Gasteiger partial charge is 0.382 e. The van der Waals surface area contributed by atoms with Crippen molar-refractivity contribution in [2.75, 3.05) is 18.9 Å². The van der Waals surface area contributed by atoms with Crippen molar-refractivity contribution in [3.05, 3.63) is 33.9 Å². The predicted octanol–water partition coefficient (Wildman–Crippen LogP) is 2.16. The molecule has 1 saturated carbocycles. The van der Waals surface area contributed by atoms with Crippen molar-refractivity contribution < 1.29 is 28.0 Å². The van der Waals surface area contributed by atoms with Crippen LogP contribution >= 0.6 is 0 Å². The zero-order valence-electron chi connectivity index (χ0n) is 12.7. The highest BCUT2D eigenvalue weighted by Gasteiger charge is 2.39. The Labute approximate surface area is 135 Å². The van der Waals surface area contributed by atoms with Crippen molar-refractivity contribution in [3.63, 3.8) is 0 Å². The number of hydrogen-bond acceptors (Lipinski definition) is 5. The first-order chi connectivity index (χ1) is 11.1. The summed E-state index contributed by atoms with van der Waals surface area (Å²) < 4.78 is 37.0. The predicted molar refractivity (Wildman–Crippen MR) is 78.8 cm³/mol. The lowest BCUT2D eigenvalue weighted by Gasteiger charge is -2.22. The highest BCUT2D eigenvalue weighted by Crippen LogP contribution is 2.32. The van der Waals surface area contributed by atoms with Gasteiger partial charge in [-0.25, -0.2) is 0 Å². The molecule has 0 aromatic heterocycles. The standard InChI is InChI=1S/C14H16F3N3O4/c1-19(7-12(21)14(15,16)17)13(22)8-2-5-10(18-9-3-4-9)11(6-8)20(23)24/h2,5-6,9,12,18,21H,3-4,7H2,1H3. The lowest BCUT2D eigenvalue weighted by molar-refractivity contribution is -0.384. The number of rotatable bonds is 6. The summed E-state index contributed by atoms with van der Waals surface area (Å²) in [5.74, 6) is -0.848. The molecule has 0 bridgehead atoms. The number of halogens is 3. The molecule has 1 amide bonds. The van der Waals surface area contributed by atoms with Crippen molar-refractivity contribution in [1.29, 1.82) is 0 Å². The molecule has 1 unspecified atom stereocenters. The van der Waals surface area contributed by atoms with Gasteiger partial charge < -0.3 is 15.3 Å². The van der Waals surface area contributed by atoms with Crippen LogP contribution in [0.1, 0.15) is 23.2 Å². The average Bonchev–Trinajstić information content (AvgIpc) is 3.29. The molecule has 1 aliphatic rings. The van der Waals surface area contributed by atoms with Crippen molar-refractivity contribution in [2.24, 2.45) is 0 Å². The molecule has 1 fully saturated rings. The zero-order valence-corrected chi connectivity index (χ0v) is 12.7. The van der Waals surface area contributed by atoms with Crippen LogP contribution in [0, 0.1) is 10.1 Å². The molecule has 0 radical (unpaired) electrons. The van der Waals surface area contributed by atoms with E-state index in [-0.39, 0.29) is 23.0 Å². The van der Waals surface area contributed by atoms with Crippen LogP contribution in [0.15, 0.2) is 18.2 Å². The number of nitrogens with one attached hydrogen (secondary N) is 1. The van der Waals surface area contributed by atoms with Crippen LogP contribution in [0.4, 0.5) is 24.5 Å². The number of hydrogen-bond donors (Lipinski definition) is 2. The molecule has 1 atom stereocenters. The molecule has 24 heavy (non-hydrogen) atoms. The van der Waals surface area contributed by atoms with E-state index in [0.29, 0.717) is 4.90 Å². The van der Waals surface area contributed by atoms with Crippen molar-refractivity contribution in [3.8, 4) is 0 Å². The first-order valence-corrected chi connectivity index (χ1v) is 7.15. The van der Waals surface area contributed by atoms with Gasteiger partial charge in [0.15, 0.2) is 6.10 Å². The third-order valence-electron chi connectivity index (χ3n) is 3.55. The summed E-state index contributed by atoms with van der Waals surface area (Å²) >= 11 is 0. The van der Waals surface area contributed by atoms with Gasteiger partial charge in [-0.05, 0) is 25.0 Å². The molecule has 0 heterocycles. The SMILES string of the molecule is CN(CC(O)C(F)(F)F)C(=O)c1ccc(NC2CC2)c([N+](=O)[O-])c1. The Balaban J connectivity index is 2.16. The summed E-state index contributed by atoms with van der Waals surface area (Å²) in [7, 11) is 1.08. The van der Waals surface area contributed by atoms with Gasteiger partial charge in [0.05, 0.1) is 11.5 Å². The van der Waals surface area contributed by atoms with Crippen molar-refractivity contribution in [1.82, 2.24) is 4.90 Å². The van der Waals surface area contributed by atoms with Gasteiger partial charge in [-0.1, -0.05) is 0 Å². The molecule has 0 saturated heterocycles. The topological polar surface area (TPSA) is 95.7 Å². The van der Waals surface area contributed by atoms with Gasteiger partial charge in [0.1, 0.15) is 5.69 Å². The van der Waals surface area contributed by atoms with Crippen LogP contribution in [-0.2, 0) is 0 Å². The molecule has 7 nitrogen and oxygen atoms in total. The van der Waals surface area contributed by atoms with Gasteiger partial charge in [-0.3, -0.25) is 14.9 Å². The number of anilines is 1. The molecular formula is C14H16F3N3O4. The van der Waals surface area contributed by atoms with Crippen molar-refractivity contribution in [2.45, 2.75) is 31.2 Å². The molecule has 1 aromatic carbocycles. The van der Waals surface area contributed by atoms with Crippen LogP contribution < -0.4 is 5.32 Å². The number of amides is 1. The lowest BCUT2D eigenvalue weighted by Crippen LogP contribution is -2.41. The summed E-state index contributed by atoms with van der Waals surface area (Å²) in [5.41, 5.74) is -0.186. The Bertz CT molecular complexity index is 647. The third kappa shape index (κ3) is 4.34. The largest absolute Gasteiger partial charge is 0.416 e. The van der Waals surface area contributed by atoms with Crippen LogP contribution in [-0.4, -0.2) is 52.8 Å². The lowest BCUT2D eigenvalue weighted by atomic mass is 10.1. The van der Waals surface area contributed by atoms with Gasteiger partial charge in [0.25, 0.3) is 11.6 Å². The molecule has 0 aliphatic heterocycles. The number of aliphatic hydroxyl groups excluding tert-OH is 1. The second kappa shape index (κ2) is 6.63. The minimum atomic E-state index is -4.85. The second-order valence-corrected chi connectivity index (χ2v) is 5.65. The van der Waals surface area contributed by atoms with Gasteiger partial charge in [0.2, 0.25) is 0 Å². The summed E-state index contributed by atoms with van der Waals surface area (Å²) in [6.07, 6.45) is -5.73. The van der Waals surface area contributed by atoms with Gasteiger partial charge >= 0.3 is 6.18 Å². The molecule has 2 N–H and O–H groups in total. The maximum absolute atomic E-state index is 12.3. The van der Waals surface area contributed by atoms with Crippen LogP contribution in [0.25, 0.3) is 0 Å².